The number of amides is 1. The molecule has 4 heteroatoms. The third-order valence-electron chi connectivity index (χ3n) is 3.24. The number of ether oxygens (including phenoxy) is 1. The molecule has 104 valence electrons. The molecule has 0 aliphatic heterocycles. The second-order valence-electron chi connectivity index (χ2n) is 5.67. The summed E-state index contributed by atoms with van der Waals surface area (Å²) in [5, 5.41) is 2.72. The summed E-state index contributed by atoms with van der Waals surface area (Å²) in [6, 6.07) is -0.544. The fourth-order valence-corrected chi connectivity index (χ4v) is 2.21. The van der Waals surface area contributed by atoms with Gasteiger partial charge in [-0.3, -0.25) is 4.79 Å². The Hall–Kier alpha value is -1.06. The predicted octanol–water partition coefficient (Wildman–Crippen LogP) is 2.27. The Bertz CT molecular complexity index is 283. The minimum Gasteiger partial charge on any atom is -0.464 e. The van der Waals surface area contributed by atoms with Gasteiger partial charge in [-0.2, -0.15) is 0 Å². The van der Waals surface area contributed by atoms with Crippen molar-refractivity contribution in [2.45, 2.75) is 58.9 Å². The molecule has 0 bridgehead atoms. The van der Waals surface area contributed by atoms with Crippen LogP contribution >= 0.6 is 0 Å². The van der Waals surface area contributed by atoms with E-state index in [9.17, 15) is 9.59 Å². The van der Waals surface area contributed by atoms with E-state index in [0.29, 0.717) is 24.9 Å². The van der Waals surface area contributed by atoms with E-state index in [4.69, 9.17) is 4.74 Å². The van der Waals surface area contributed by atoms with E-state index in [1.807, 2.05) is 13.8 Å². The molecular weight excluding hydrogens is 230 g/mol. The highest BCUT2D eigenvalue weighted by molar-refractivity contribution is 5.84. The van der Waals surface area contributed by atoms with Gasteiger partial charge in [-0.15, -0.1) is 0 Å². The molecule has 0 unspecified atom stereocenters. The SMILES string of the molecule is CC(C)COC(=O)[C@H](C)NC(=O)CC1CCCC1. The minimum absolute atomic E-state index is 0.0316. The van der Waals surface area contributed by atoms with E-state index in [1.165, 1.54) is 12.8 Å². The monoisotopic (exact) mass is 255 g/mol. The van der Waals surface area contributed by atoms with Crippen molar-refractivity contribution in [1.82, 2.24) is 5.32 Å². The van der Waals surface area contributed by atoms with Crippen LogP contribution in [0.25, 0.3) is 0 Å². The van der Waals surface area contributed by atoms with Crippen molar-refractivity contribution < 1.29 is 14.3 Å². The van der Waals surface area contributed by atoms with E-state index in [-0.39, 0.29) is 11.9 Å². The summed E-state index contributed by atoms with van der Waals surface area (Å²) in [4.78, 5) is 23.3. The Balaban J connectivity index is 2.23. The molecule has 4 nitrogen and oxygen atoms in total. The van der Waals surface area contributed by atoms with Crippen molar-refractivity contribution in [2.75, 3.05) is 6.61 Å². The molecule has 1 N–H and O–H groups in total. The standard InChI is InChI=1S/C14H25NO3/c1-10(2)9-18-14(17)11(3)15-13(16)8-12-6-4-5-7-12/h10-12H,4-9H2,1-3H3,(H,15,16)/t11-/m0/s1. The van der Waals surface area contributed by atoms with Gasteiger partial charge in [-0.25, -0.2) is 4.79 Å². The van der Waals surface area contributed by atoms with Gasteiger partial charge in [0.15, 0.2) is 0 Å². The van der Waals surface area contributed by atoms with Gasteiger partial charge in [0.1, 0.15) is 6.04 Å². The smallest absolute Gasteiger partial charge is 0.328 e. The van der Waals surface area contributed by atoms with E-state index in [2.05, 4.69) is 5.32 Å². The van der Waals surface area contributed by atoms with Crippen LogP contribution in [0.1, 0.15) is 52.9 Å². The first kappa shape index (κ1) is 15.0. The Kier molecular flexibility index (Phi) is 6.16. The van der Waals surface area contributed by atoms with Crippen molar-refractivity contribution in [1.29, 1.82) is 0 Å². The second-order valence-corrected chi connectivity index (χ2v) is 5.67. The van der Waals surface area contributed by atoms with Crippen molar-refractivity contribution >= 4 is 11.9 Å². The lowest BCUT2D eigenvalue weighted by Crippen LogP contribution is -2.40. The molecule has 1 saturated carbocycles. The average molecular weight is 255 g/mol. The topological polar surface area (TPSA) is 55.4 Å². The number of esters is 1. The lowest BCUT2D eigenvalue weighted by Gasteiger charge is -2.15. The molecule has 1 aliphatic rings. The molecular formula is C14H25NO3. The highest BCUT2D eigenvalue weighted by atomic mass is 16.5. The highest BCUT2D eigenvalue weighted by Crippen LogP contribution is 2.27. The number of carbonyl (C=O) groups is 2. The maximum Gasteiger partial charge on any atom is 0.328 e. The summed E-state index contributed by atoms with van der Waals surface area (Å²) in [5.41, 5.74) is 0. The summed E-state index contributed by atoms with van der Waals surface area (Å²) in [6.07, 6.45) is 5.27. The largest absolute Gasteiger partial charge is 0.464 e. The number of nitrogens with one attached hydrogen (secondary N) is 1. The van der Waals surface area contributed by atoms with E-state index in [0.717, 1.165) is 12.8 Å². The molecule has 0 aromatic heterocycles. The molecule has 1 amide bonds. The van der Waals surface area contributed by atoms with E-state index < -0.39 is 6.04 Å². The van der Waals surface area contributed by atoms with Crippen LogP contribution in [0.15, 0.2) is 0 Å². The molecule has 18 heavy (non-hydrogen) atoms. The van der Waals surface area contributed by atoms with Crippen molar-refractivity contribution in [2.24, 2.45) is 11.8 Å². The number of carbonyl (C=O) groups excluding carboxylic acids is 2. The molecule has 1 fully saturated rings. The van der Waals surface area contributed by atoms with Crippen LogP contribution in [0, 0.1) is 11.8 Å². The fraction of sp³-hybridized carbons (Fsp3) is 0.857. The Labute approximate surface area is 109 Å². The van der Waals surface area contributed by atoms with Crippen LogP contribution in [0.3, 0.4) is 0 Å². The average Bonchev–Trinajstić information content (AvgIpc) is 2.78. The fourth-order valence-electron chi connectivity index (χ4n) is 2.21. The van der Waals surface area contributed by atoms with Gasteiger partial charge in [-0.05, 0) is 31.6 Å². The van der Waals surface area contributed by atoms with Crippen LogP contribution in [0.2, 0.25) is 0 Å². The second kappa shape index (κ2) is 7.39. The first-order chi connectivity index (χ1) is 8.49. The maximum atomic E-state index is 11.7. The predicted molar refractivity (Wildman–Crippen MR) is 70.0 cm³/mol. The zero-order valence-corrected chi connectivity index (χ0v) is 11.7. The summed E-state index contributed by atoms with van der Waals surface area (Å²) in [7, 11) is 0. The molecule has 1 rings (SSSR count). The zero-order chi connectivity index (χ0) is 13.5. The van der Waals surface area contributed by atoms with Crippen LogP contribution in [-0.2, 0) is 14.3 Å². The minimum atomic E-state index is -0.544. The van der Waals surface area contributed by atoms with Crippen molar-refractivity contribution in [3.8, 4) is 0 Å². The van der Waals surface area contributed by atoms with E-state index >= 15 is 0 Å². The summed E-state index contributed by atoms with van der Waals surface area (Å²) in [5.74, 6) is 0.443. The maximum absolute atomic E-state index is 11.7. The van der Waals surface area contributed by atoms with Crippen molar-refractivity contribution in [3.63, 3.8) is 0 Å². The lowest BCUT2D eigenvalue weighted by atomic mass is 10.0. The molecule has 0 heterocycles. The first-order valence-corrected chi connectivity index (χ1v) is 6.95. The normalized spacial score (nSPS) is 17.8. The van der Waals surface area contributed by atoms with Gasteiger partial charge < -0.3 is 10.1 Å². The molecule has 0 aromatic rings. The third kappa shape index (κ3) is 5.52. The van der Waals surface area contributed by atoms with Crippen LogP contribution < -0.4 is 5.32 Å². The quantitative estimate of drug-likeness (QED) is 0.741. The number of rotatable bonds is 6. The summed E-state index contributed by atoms with van der Waals surface area (Å²) in [6.45, 7) is 6.05. The van der Waals surface area contributed by atoms with Gasteiger partial charge >= 0.3 is 5.97 Å². The van der Waals surface area contributed by atoms with Gasteiger partial charge in [0, 0.05) is 6.42 Å². The van der Waals surface area contributed by atoms with Gasteiger partial charge in [-0.1, -0.05) is 26.7 Å². The number of hydrogen-bond donors (Lipinski definition) is 1. The molecule has 0 saturated heterocycles. The van der Waals surface area contributed by atoms with Crippen LogP contribution in [0.5, 0.6) is 0 Å². The van der Waals surface area contributed by atoms with Crippen molar-refractivity contribution in [3.05, 3.63) is 0 Å². The molecule has 0 aromatic carbocycles. The van der Waals surface area contributed by atoms with Gasteiger partial charge in [0.2, 0.25) is 5.91 Å². The Morgan fingerprint density at radius 2 is 1.83 bits per heavy atom. The molecule has 1 aliphatic carbocycles. The zero-order valence-electron chi connectivity index (χ0n) is 11.7. The summed E-state index contributed by atoms with van der Waals surface area (Å²) >= 11 is 0. The van der Waals surface area contributed by atoms with Gasteiger partial charge in [0.25, 0.3) is 0 Å². The molecule has 1 atom stereocenters. The number of hydrogen-bond acceptors (Lipinski definition) is 3. The van der Waals surface area contributed by atoms with E-state index in [1.54, 1.807) is 6.92 Å². The summed E-state index contributed by atoms with van der Waals surface area (Å²) < 4.78 is 5.08. The Morgan fingerprint density at radius 3 is 2.39 bits per heavy atom. The first-order valence-electron chi connectivity index (χ1n) is 6.95. The van der Waals surface area contributed by atoms with Crippen LogP contribution in [0.4, 0.5) is 0 Å². The van der Waals surface area contributed by atoms with Crippen LogP contribution in [-0.4, -0.2) is 24.5 Å². The Morgan fingerprint density at radius 1 is 1.22 bits per heavy atom. The molecule has 0 spiro atoms. The van der Waals surface area contributed by atoms with Gasteiger partial charge in [0.05, 0.1) is 6.61 Å². The highest BCUT2D eigenvalue weighted by Gasteiger charge is 2.22. The molecule has 0 radical (unpaired) electrons. The third-order valence-corrected chi connectivity index (χ3v) is 3.24. The lowest BCUT2D eigenvalue weighted by molar-refractivity contribution is -0.148.